The van der Waals surface area contributed by atoms with Crippen LogP contribution in [0.25, 0.3) is 0 Å². The Morgan fingerprint density at radius 3 is 2.00 bits per heavy atom. The molecular weight excluding hydrogens is 231 g/mol. The molecule has 0 saturated heterocycles. The van der Waals surface area contributed by atoms with Gasteiger partial charge in [-0.05, 0) is 5.56 Å². The Labute approximate surface area is 94.4 Å². The summed E-state index contributed by atoms with van der Waals surface area (Å²) in [7, 11) is -0.638. The van der Waals surface area contributed by atoms with E-state index in [0.29, 0.717) is 0 Å². The van der Waals surface area contributed by atoms with Gasteiger partial charge in [0.15, 0.2) is 0 Å². The van der Waals surface area contributed by atoms with Crippen molar-refractivity contribution >= 4 is 18.6 Å². The van der Waals surface area contributed by atoms with Gasteiger partial charge in [0.2, 0.25) is 0 Å². The summed E-state index contributed by atoms with van der Waals surface area (Å²) in [5.41, 5.74) is 1.48. The summed E-state index contributed by atoms with van der Waals surface area (Å²) in [6, 6.07) is 10.7. The maximum absolute atomic E-state index is 8.56. The Hall–Kier alpha value is -0.280. The van der Waals surface area contributed by atoms with Crippen LogP contribution >= 0.6 is 7.26 Å². The average molecular weight is 248 g/mol. The van der Waals surface area contributed by atoms with Crippen LogP contribution < -0.4 is 0 Å². The zero-order chi connectivity index (χ0) is 11.9. The lowest BCUT2D eigenvalue weighted by Gasteiger charge is -2.10. The summed E-state index contributed by atoms with van der Waals surface area (Å²) in [6.07, 6.45) is 1.27. The Morgan fingerprint density at radius 2 is 1.67 bits per heavy atom. The van der Waals surface area contributed by atoms with Crippen LogP contribution in [0.1, 0.15) is 5.56 Å². The van der Waals surface area contributed by atoms with Crippen molar-refractivity contribution in [2.24, 2.45) is 0 Å². The third-order valence-corrected chi connectivity index (χ3v) is 2.81. The zero-order valence-electron chi connectivity index (χ0n) is 9.21. The Morgan fingerprint density at radius 1 is 1.27 bits per heavy atom. The monoisotopic (exact) mass is 248 g/mol. The van der Waals surface area contributed by atoms with Crippen molar-refractivity contribution in [2.45, 2.75) is 6.16 Å². The van der Waals surface area contributed by atoms with Crippen molar-refractivity contribution in [1.29, 1.82) is 0 Å². The number of hydrogen-bond donors (Lipinski definition) is 1. The smallest absolute Gasteiger partial charge is 0.0834 e. The second-order valence-electron chi connectivity index (χ2n) is 4.15. The second kappa shape index (κ2) is 7.07. The van der Waals surface area contributed by atoms with Crippen LogP contribution in [0.4, 0.5) is 0 Å². The SMILES string of the molecule is C[P+](C)(C)Cc1ccccc1.O=S([O-])O. The lowest BCUT2D eigenvalue weighted by molar-refractivity contribution is 0.436. The van der Waals surface area contributed by atoms with Crippen molar-refractivity contribution in [3.05, 3.63) is 35.9 Å². The molecule has 0 aliphatic carbocycles. The molecule has 0 spiro atoms. The van der Waals surface area contributed by atoms with Gasteiger partial charge in [0.1, 0.15) is 0 Å². The lowest BCUT2D eigenvalue weighted by atomic mass is 10.2. The highest BCUT2D eigenvalue weighted by molar-refractivity contribution is 7.73. The van der Waals surface area contributed by atoms with Gasteiger partial charge in [-0.15, -0.1) is 0 Å². The van der Waals surface area contributed by atoms with E-state index >= 15 is 0 Å². The summed E-state index contributed by atoms with van der Waals surface area (Å²) in [4.78, 5) is 0. The van der Waals surface area contributed by atoms with E-state index in [1.807, 2.05) is 0 Å². The van der Waals surface area contributed by atoms with Gasteiger partial charge >= 0.3 is 0 Å². The van der Waals surface area contributed by atoms with Gasteiger partial charge in [0.25, 0.3) is 0 Å². The standard InChI is InChI=1S/C10H16P.H2O3S/c1-11(2,3)9-10-7-5-4-6-8-10;1-4(2)3/h4-8H,9H2,1-3H3;(H2,1,2,3)/q+1;/p-1. The van der Waals surface area contributed by atoms with Crippen molar-refractivity contribution in [1.82, 2.24) is 0 Å². The molecule has 1 unspecified atom stereocenters. The van der Waals surface area contributed by atoms with Crippen LogP contribution in [0.5, 0.6) is 0 Å². The molecule has 5 heteroatoms. The topological polar surface area (TPSA) is 60.4 Å². The summed E-state index contributed by atoms with van der Waals surface area (Å²) >= 11 is -2.86. The first-order valence-corrected chi connectivity index (χ1v) is 8.79. The second-order valence-corrected chi connectivity index (χ2v) is 9.48. The quantitative estimate of drug-likeness (QED) is 0.646. The largest absolute Gasteiger partial charge is 0.750 e. The van der Waals surface area contributed by atoms with Gasteiger partial charge in [0.05, 0.1) is 17.5 Å². The molecule has 0 aromatic heterocycles. The molecule has 1 N–H and O–H groups in total. The average Bonchev–Trinajstić information content (AvgIpc) is 2.01. The van der Waals surface area contributed by atoms with E-state index in [1.165, 1.54) is 11.7 Å². The zero-order valence-corrected chi connectivity index (χ0v) is 10.9. The van der Waals surface area contributed by atoms with E-state index < -0.39 is 18.6 Å². The predicted molar refractivity (Wildman–Crippen MR) is 66.4 cm³/mol. The number of hydrogen-bond acceptors (Lipinski definition) is 2. The molecule has 15 heavy (non-hydrogen) atoms. The molecule has 0 saturated carbocycles. The number of benzene rings is 1. The van der Waals surface area contributed by atoms with Crippen molar-refractivity contribution < 1.29 is 13.3 Å². The highest BCUT2D eigenvalue weighted by atomic mass is 32.2. The number of rotatable bonds is 2. The van der Waals surface area contributed by atoms with E-state index in [1.54, 1.807) is 0 Å². The molecule has 0 fully saturated rings. The van der Waals surface area contributed by atoms with E-state index in [4.69, 9.17) is 13.3 Å². The Balaban J connectivity index is 0.000000423. The Bertz CT molecular complexity index is 291. The molecule has 86 valence electrons. The first-order valence-electron chi connectivity index (χ1n) is 4.44. The maximum atomic E-state index is 8.56. The van der Waals surface area contributed by atoms with E-state index in [-0.39, 0.29) is 0 Å². The highest BCUT2D eigenvalue weighted by Crippen LogP contribution is 2.49. The van der Waals surface area contributed by atoms with Gasteiger partial charge in [-0.25, -0.2) is 4.21 Å². The summed E-state index contributed by atoms with van der Waals surface area (Å²) in [5, 5.41) is 0. The minimum atomic E-state index is -2.86. The third kappa shape index (κ3) is 11.6. The first-order chi connectivity index (χ1) is 6.81. The first kappa shape index (κ1) is 14.7. The van der Waals surface area contributed by atoms with Crippen molar-refractivity contribution in [3.63, 3.8) is 0 Å². The minimum Gasteiger partial charge on any atom is -0.750 e. The van der Waals surface area contributed by atoms with Crippen LogP contribution in [-0.2, 0) is 17.5 Å². The molecule has 0 bridgehead atoms. The molecule has 1 aromatic rings. The summed E-state index contributed by atoms with van der Waals surface area (Å²) < 4.78 is 24.1. The molecule has 1 aromatic carbocycles. The fourth-order valence-corrected chi connectivity index (χ4v) is 2.44. The molecule has 0 heterocycles. The maximum Gasteiger partial charge on any atom is 0.0834 e. The molecule has 0 radical (unpaired) electrons. The van der Waals surface area contributed by atoms with Gasteiger partial charge < -0.3 is 9.11 Å². The molecule has 1 rings (SSSR count). The highest BCUT2D eigenvalue weighted by Gasteiger charge is 2.16. The van der Waals surface area contributed by atoms with Crippen LogP contribution in [0.2, 0.25) is 0 Å². The Kier molecular flexibility index (Phi) is 6.94. The van der Waals surface area contributed by atoms with Crippen LogP contribution in [0.3, 0.4) is 0 Å². The third-order valence-electron chi connectivity index (χ3n) is 1.50. The van der Waals surface area contributed by atoms with Crippen molar-refractivity contribution in [3.8, 4) is 0 Å². The molecular formula is C10H17O3PS. The van der Waals surface area contributed by atoms with Gasteiger partial charge in [-0.3, -0.25) is 0 Å². The molecule has 0 amide bonds. The predicted octanol–water partition coefficient (Wildman–Crippen LogP) is 2.43. The molecule has 0 aliphatic heterocycles. The molecule has 0 aliphatic rings. The van der Waals surface area contributed by atoms with E-state index in [2.05, 4.69) is 50.3 Å². The fourth-order valence-electron chi connectivity index (χ4n) is 1.13. The van der Waals surface area contributed by atoms with Gasteiger partial charge in [0, 0.05) is 27.3 Å². The van der Waals surface area contributed by atoms with Gasteiger partial charge in [-0.1, -0.05) is 30.3 Å². The summed E-state index contributed by atoms with van der Waals surface area (Å²) in [6.45, 7) is 7.12. The molecule has 1 atom stereocenters. The van der Waals surface area contributed by atoms with E-state index in [9.17, 15) is 0 Å². The van der Waals surface area contributed by atoms with Crippen LogP contribution in [-0.4, -0.2) is 33.3 Å². The minimum absolute atomic E-state index is 0.638. The van der Waals surface area contributed by atoms with Crippen LogP contribution in [0.15, 0.2) is 30.3 Å². The lowest BCUT2D eigenvalue weighted by Crippen LogP contribution is -1.90. The summed E-state index contributed by atoms with van der Waals surface area (Å²) in [5.74, 6) is 0. The van der Waals surface area contributed by atoms with Crippen molar-refractivity contribution in [2.75, 3.05) is 20.0 Å². The van der Waals surface area contributed by atoms with Crippen LogP contribution in [0, 0.1) is 0 Å². The van der Waals surface area contributed by atoms with E-state index in [0.717, 1.165) is 0 Å². The normalized spacial score (nSPS) is 12.6. The van der Waals surface area contributed by atoms with Gasteiger partial charge in [-0.2, -0.15) is 0 Å². The molecule has 3 nitrogen and oxygen atoms in total. The fraction of sp³-hybridized carbons (Fsp3) is 0.400.